The van der Waals surface area contributed by atoms with Crippen molar-refractivity contribution in [1.29, 1.82) is 0 Å². The van der Waals surface area contributed by atoms with E-state index < -0.39 is 0 Å². The van der Waals surface area contributed by atoms with E-state index in [1.165, 1.54) is 64.2 Å². The van der Waals surface area contributed by atoms with Gasteiger partial charge in [-0.05, 0) is 51.9 Å². The SMILES string of the molecule is C=CCCOC(=O)NCCCN(CCCN)CCCCCCCCCCCC. The van der Waals surface area contributed by atoms with Crippen LogP contribution in [0.5, 0.6) is 0 Å². The minimum absolute atomic E-state index is 0.329. The van der Waals surface area contributed by atoms with Crippen molar-refractivity contribution in [3.63, 3.8) is 0 Å². The van der Waals surface area contributed by atoms with Crippen LogP contribution in [0.1, 0.15) is 90.4 Å². The summed E-state index contributed by atoms with van der Waals surface area (Å²) < 4.78 is 5.04. The molecule has 28 heavy (non-hydrogen) atoms. The molecule has 3 N–H and O–H groups in total. The summed E-state index contributed by atoms with van der Waals surface area (Å²) in [5, 5.41) is 2.81. The highest BCUT2D eigenvalue weighted by atomic mass is 16.5. The molecule has 0 radical (unpaired) electrons. The molecule has 0 aromatic rings. The fourth-order valence-electron chi connectivity index (χ4n) is 3.25. The van der Waals surface area contributed by atoms with Gasteiger partial charge in [0.2, 0.25) is 0 Å². The Balaban J connectivity index is 3.67. The average Bonchev–Trinajstić information content (AvgIpc) is 2.70. The number of nitrogens with one attached hydrogen (secondary N) is 1. The molecular formula is C23H47N3O2. The van der Waals surface area contributed by atoms with E-state index in [0.29, 0.717) is 19.6 Å². The van der Waals surface area contributed by atoms with Crippen molar-refractivity contribution in [2.45, 2.75) is 90.4 Å². The minimum atomic E-state index is -0.329. The summed E-state index contributed by atoms with van der Waals surface area (Å²) in [5.41, 5.74) is 5.68. The Kier molecular flexibility index (Phi) is 21.4. The van der Waals surface area contributed by atoms with Gasteiger partial charge in [-0.1, -0.05) is 70.8 Å². The summed E-state index contributed by atoms with van der Waals surface area (Å²) in [5.74, 6) is 0. The van der Waals surface area contributed by atoms with Crippen LogP contribution >= 0.6 is 0 Å². The largest absolute Gasteiger partial charge is 0.449 e. The summed E-state index contributed by atoms with van der Waals surface area (Å²) in [6, 6.07) is 0. The quantitative estimate of drug-likeness (QED) is 0.205. The van der Waals surface area contributed by atoms with Crippen LogP contribution in [-0.4, -0.2) is 50.3 Å². The second-order valence-electron chi connectivity index (χ2n) is 7.66. The first kappa shape index (κ1) is 26.9. The zero-order chi connectivity index (χ0) is 20.7. The van der Waals surface area contributed by atoms with Gasteiger partial charge >= 0.3 is 6.09 Å². The predicted molar refractivity (Wildman–Crippen MR) is 121 cm³/mol. The molecule has 1 amide bonds. The van der Waals surface area contributed by atoms with Crippen molar-refractivity contribution in [3.8, 4) is 0 Å². The summed E-state index contributed by atoms with van der Waals surface area (Å²) in [6.07, 6.45) is 17.8. The molecule has 0 aromatic heterocycles. The molecule has 0 atom stereocenters. The van der Waals surface area contributed by atoms with E-state index in [1.807, 2.05) is 0 Å². The monoisotopic (exact) mass is 397 g/mol. The lowest BCUT2D eigenvalue weighted by Crippen LogP contribution is -2.32. The number of nitrogens with two attached hydrogens (primary N) is 1. The third-order valence-corrected chi connectivity index (χ3v) is 4.98. The Labute approximate surface area is 174 Å². The molecular weight excluding hydrogens is 350 g/mol. The van der Waals surface area contributed by atoms with Gasteiger partial charge in [-0.2, -0.15) is 0 Å². The maximum Gasteiger partial charge on any atom is 0.407 e. The number of amides is 1. The van der Waals surface area contributed by atoms with Crippen molar-refractivity contribution in [2.24, 2.45) is 5.73 Å². The van der Waals surface area contributed by atoms with Gasteiger partial charge in [-0.25, -0.2) is 4.79 Å². The maximum atomic E-state index is 11.5. The summed E-state index contributed by atoms with van der Waals surface area (Å²) in [6.45, 7) is 10.9. The summed E-state index contributed by atoms with van der Waals surface area (Å²) >= 11 is 0. The van der Waals surface area contributed by atoms with Gasteiger partial charge in [0.05, 0.1) is 6.61 Å². The third kappa shape index (κ3) is 19.7. The van der Waals surface area contributed by atoms with Crippen LogP contribution in [-0.2, 0) is 4.74 Å². The lowest BCUT2D eigenvalue weighted by atomic mass is 10.1. The molecule has 0 unspecified atom stereocenters. The molecule has 0 aromatic carbocycles. The van der Waals surface area contributed by atoms with Gasteiger partial charge < -0.3 is 20.7 Å². The van der Waals surface area contributed by atoms with Crippen molar-refractivity contribution in [2.75, 3.05) is 39.3 Å². The number of hydrogen-bond acceptors (Lipinski definition) is 4. The molecule has 0 aliphatic rings. The molecule has 5 nitrogen and oxygen atoms in total. The molecule has 0 aliphatic heterocycles. The van der Waals surface area contributed by atoms with E-state index in [4.69, 9.17) is 10.5 Å². The molecule has 0 aliphatic carbocycles. The second-order valence-corrected chi connectivity index (χ2v) is 7.66. The highest BCUT2D eigenvalue weighted by Gasteiger charge is 2.05. The summed E-state index contributed by atoms with van der Waals surface area (Å²) in [4.78, 5) is 14.0. The van der Waals surface area contributed by atoms with Crippen molar-refractivity contribution < 1.29 is 9.53 Å². The van der Waals surface area contributed by atoms with Crippen LogP contribution in [0.3, 0.4) is 0 Å². The molecule has 0 saturated heterocycles. The zero-order valence-corrected chi connectivity index (χ0v) is 18.6. The van der Waals surface area contributed by atoms with E-state index in [0.717, 1.165) is 39.0 Å². The Morgan fingerprint density at radius 1 is 0.929 bits per heavy atom. The van der Waals surface area contributed by atoms with Crippen molar-refractivity contribution in [3.05, 3.63) is 12.7 Å². The third-order valence-electron chi connectivity index (χ3n) is 4.98. The van der Waals surface area contributed by atoms with E-state index in [-0.39, 0.29) is 6.09 Å². The standard InChI is InChI=1S/C23H47N3O2/c1-3-5-7-8-9-10-11-12-13-14-19-26(20-15-17-24)21-16-18-25-23(27)28-22-6-4-2/h4H,2-3,5-22,24H2,1H3,(H,25,27). The van der Waals surface area contributed by atoms with Crippen LogP contribution in [0.25, 0.3) is 0 Å². The molecule has 0 saturated carbocycles. The minimum Gasteiger partial charge on any atom is -0.449 e. The molecule has 166 valence electrons. The Hall–Kier alpha value is -1.07. The first-order valence-corrected chi connectivity index (χ1v) is 11.7. The molecule has 0 bridgehead atoms. The fraction of sp³-hybridized carbons (Fsp3) is 0.870. The first-order valence-electron chi connectivity index (χ1n) is 11.7. The van der Waals surface area contributed by atoms with Crippen LogP contribution in [0.15, 0.2) is 12.7 Å². The number of nitrogens with zero attached hydrogens (tertiary/aromatic N) is 1. The Morgan fingerprint density at radius 2 is 1.50 bits per heavy atom. The van der Waals surface area contributed by atoms with E-state index in [2.05, 4.69) is 23.7 Å². The van der Waals surface area contributed by atoms with Crippen molar-refractivity contribution in [1.82, 2.24) is 10.2 Å². The van der Waals surface area contributed by atoms with Gasteiger partial charge in [0.25, 0.3) is 0 Å². The van der Waals surface area contributed by atoms with Gasteiger partial charge in [-0.3, -0.25) is 0 Å². The Bertz CT molecular complexity index is 351. The van der Waals surface area contributed by atoms with Crippen LogP contribution in [0, 0.1) is 0 Å². The lowest BCUT2D eigenvalue weighted by Gasteiger charge is -2.22. The van der Waals surface area contributed by atoms with Gasteiger partial charge in [0, 0.05) is 6.54 Å². The molecule has 0 rings (SSSR count). The number of carbonyl (C=O) groups is 1. The van der Waals surface area contributed by atoms with Crippen molar-refractivity contribution >= 4 is 6.09 Å². The Morgan fingerprint density at radius 3 is 2.11 bits per heavy atom. The highest BCUT2D eigenvalue weighted by Crippen LogP contribution is 2.11. The number of alkyl carbamates (subject to hydrolysis) is 1. The zero-order valence-electron chi connectivity index (χ0n) is 18.6. The van der Waals surface area contributed by atoms with Crippen LogP contribution in [0.2, 0.25) is 0 Å². The van der Waals surface area contributed by atoms with E-state index >= 15 is 0 Å². The number of ether oxygens (including phenoxy) is 1. The predicted octanol–water partition coefficient (Wildman–Crippen LogP) is 5.25. The fourth-order valence-corrected chi connectivity index (χ4v) is 3.25. The molecule has 0 spiro atoms. The van der Waals surface area contributed by atoms with Crippen LogP contribution < -0.4 is 11.1 Å². The summed E-state index contributed by atoms with van der Waals surface area (Å²) in [7, 11) is 0. The van der Waals surface area contributed by atoms with Gasteiger partial charge in [0.1, 0.15) is 0 Å². The lowest BCUT2D eigenvalue weighted by molar-refractivity contribution is 0.147. The smallest absolute Gasteiger partial charge is 0.407 e. The number of unbranched alkanes of at least 4 members (excludes halogenated alkanes) is 9. The maximum absolute atomic E-state index is 11.5. The first-order chi connectivity index (χ1) is 13.7. The highest BCUT2D eigenvalue weighted by molar-refractivity contribution is 5.66. The normalized spacial score (nSPS) is 11.0. The number of hydrogen-bond donors (Lipinski definition) is 2. The topological polar surface area (TPSA) is 67.6 Å². The molecule has 0 fully saturated rings. The second kappa shape index (κ2) is 22.2. The van der Waals surface area contributed by atoms with Crippen LogP contribution in [0.4, 0.5) is 4.79 Å². The van der Waals surface area contributed by atoms with Gasteiger partial charge in [-0.15, -0.1) is 6.58 Å². The average molecular weight is 398 g/mol. The van der Waals surface area contributed by atoms with Gasteiger partial charge in [0.15, 0.2) is 0 Å². The number of rotatable bonds is 21. The molecule has 5 heteroatoms. The number of carbonyl (C=O) groups excluding carboxylic acids is 1. The van der Waals surface area contributed by atoms with E-state index in [9.17, 15) is 4.79 Å². The van der Waals surface area contributed by atoms with E-state index in [1.54, 1.807) is 6.08 Å². The molecule has 0 heterocycles.